The van der Waals surface area contributed by atoms with Crippen molar-refractivity contribution >= 4 is 35.0 Å². The third-order valence-electron chi connectivity index (χ3n) is 4.41. The fourth-order valence-corrected chi connectivity index (χ4v) is 3.59. The summed E-state index contributed by atoms with van der Waals surface area (Å²) >= 11 is 12.2. The highest BCUT2D eigenvalue weighted by Gasteiger charge is 2.28. The second-order valence-electron chi connectivity index (χ2n) is 6.13. The van der Waals surface area contributed by atoms with Crippen molar-refractivity contribution < 1.29 is 9.53 Å². The number of hydrogen-bond donors (Lipinski definition) is 0. The molecule has 1 aromatic carbocycles. The van der Waals surface area contributed by atoms with Gasteiger partial charge in [0.1, 0.15) is 6.10 Å². The van der Waals surface area contributed by atoms with Crippen LogP contribution in [0.5, 0.6) is 0 Å². The van der Waals surface area contributed by atoms with E-state index in [1.54, 1.807) is 18.0 Å². The largest absolute Gasteiger partial charge is 0.444 e. The Morgan fingerprint density at radius 1 is 1.13 bits per heavy atom. The number of amides is 1. The molecule has 0 radical (unpaired) electrons. The number of nitrogens with zero attached hydrogens (tertiary/aromatic N) is 3. The number of ether oxygens (including phenoxy) is 1. The molecule has 0 spiro atoms. The first-order chi connectivity index (χ1) is 11.0. The summed E-state index contributed by atoms with van der Waals surface area (Å²) in [5, 5.41) is 1.34. The average molecular weight is 358 g/mol. The van der Waals surface area contributed by atoms with E-state index in [2.05, 4.69) is 9.80 Å². The van der Waals surface area contributed by atoms with Gasteiger partial charge in [0.05, 0.1) is 6.54 Å². The van der Waals surface area contributed by atoms with Gasteiger partial charge in [-0.2, -0.15) is 0 Å². The van der Waals surface area contributed by atoms with Crippen molar-refractivity contribution in [1.82, 2.24) is 9.80 Å². The molecule has 23 heavy (non-hydrogen) atoms. The third kappa shape index (κ3) is 4.22. The van der Waals surface area contributed by atoms with Gasteiger partial charge < -0.3 is 14.5 Å². The van der Waals surface area contributed by atoms with Crippen molar-refractivity contribution in [3.63, 3.8) is 0 Å². The Balaban J connectivity index is 1.46. The zero-order valence-corrected chi connectivity index (χ0v) is 14.7. The standard InChI is InChI=1S/C16H21Cl2N3O2/c1-19-11-15(23-16(19)22)2-3-20-4-6-21(7-5-20)14-9-12(17)8-13(18)10-14/h8-10,15H,2-7,11H2,1H3. The van der Waals surface area contributed by atoms with Crippen LogP contribution in [0, 0.1) is 0 Å². The summed E-state index contributed by atoms with van der Waals surface area (Å²) in [6, 6.07) is 5.66. The summed E-state index contributed by atoms with van der Waals surface area (Å²) in [5.41, 5.74) is 1.08. The summed E-state index contributed by atoms with van der Waals surface area (Å²) in [7, 11) is 1.78. The maximum atomic E-state index is 11.4. The minimum atomic E-state index is -0.211. The molecule has 2 aliphatic heterocycles. The average Bonchev–Trinajstić information content (AvgIpc) is 2.83. The van der Waals surface area contributed by atoms with Gasteiger partial charge in [0.15, 0.2) is 0 Å². The number of cyclic esters (lactones) is 1. The molecule has 2 heterocycles. The number of benzene rings is 1. The second-order valence-corrected chi connectivity index (χ2v) is 7.00. The maximum absolute atomic E-state index is 11.4. The second kappa shape index (κ2) is 7.16. The minimum Gasteiger partial charge on any atom is -0.444 e. The molecule has 0 N–H and O–H groups in total. The lowest BCUT2D eigenvalue weighted by atomic mass is 10.2. The summed E-state index contributed by atoms with van der Waals surface area (Å²) in [6.45, 7) is 5.51. The molecule has 0 bridgehead atoms. The fraction of sp³-hybridized carbons (Fsp3) is 0.562. The van der Waals surface area contributed by atoms with Crippen LogP contribution in [0.1, 0.15) is 6.42 Å². The van der Waals surface area contributed by atoms with Crippen molar-refractivity contribution in [2.75, 3.05) is 51.2 Å². The highest BCUT2D eigenvalue weighted by Crippen LogP contribution is 2.26. The molecule has 1 atom stereocenters. The van der Waals surface area contributed by atoms with Gasteiger partial charge in [0.25, 0.3) is 0 Å². The Labute approximate surface area is 146 Å². The minimum absolute atomic E-state index is 0.0252. The highest BCUT2D eigenvalue weighted by molar-refractivity contribution is 6.35. The Hall–Kier alpha value is -1.17. The van der Waals surface area contributed by atoms with Gasteiger partial charge in [-0.1, -0.05) is 23.2 Å². The molecule has 7 heteroatoms. The van der Waals surface area contributed by atoms with Gasteiger partial charge in [-0.05, 0) is 24.6 Å². The normalized spacial score (nSPS) is 22.6. The van der Waals surface area contributed by atoms with E-state index in [4.69, 9.17) is 27.9 Å². The third-order valence-corrected chi connectivity index (χ3v) is 4.85. The van der Waals surface area contributed by atoms with Crippen LogP contribution in [0.4, 0.5) is 10.5 Å². The van der Waals surface area contributed by atoms with Crippen LogP contribution in [0.25, 0.3) is 0 Å². The Morgan fingerprint density at radius 2 is 1.78 bits per heavy atom. The topological polar surface area (TPSA) is 36.0 Å². The molecule has 1 unspecified atom stereocenters. The van der Waals surface area contributed by atoms with Crippen molar-refractivity contribution in [1.29, 1.82) is 0 Å². The number of piperazine rings is 1. The molecule has 126 valence electrons. The maximum Gasteiger partial charge on any atom is 0.409 e. The quantitative estimate of drug-likeness (QED) is 0.829. The Bertz CT molecular complexity index is 556. The molecule has 2 fully saturated rings. The lowest BCUT2D eigenvalue weighted by Crippen LogP contribution is -2.47. The lowest BCUT2D eigenvalue weighted by molar-refractivity contribution is 0.121. The molecule has 0 aliphatic carbocycles. The molecule has 1 amide bonds. The fourth-order valence-electron chi connectivity index (χ4n) is 3.08. The number of rotatable bonds is 4. The van der Waals surface area contributed by atoms with Gasteiger partial charge >= 0.3 is 6.09 Å². The molecular formula is C16H21Cl2N3O2. The molecular weight excluding hydrogens is 337 g/mol. The lowest BCUT2D eigenvalue weighted by Gasteiger charge is -2.36. The van der Waals surface area contributed by atoms with Crippen LogP contribution < -0.4 is 4.90 Å². The first-order valence-corrected chi connectivity index (χ1v) is 8.62. The summed E-state index contributed by atoms with van der Waals surface area (Å²) < 4.78 is 5.30. The van der Waals surface area contributed by atoms with Crippen LogP contribution in [-0.4, -0.2) is 68.3 Å². The number of likely N-dealkylation sites (N-methyl/N-ethyl adjacent to an activating group) is 1. The van der Waals surface area contributed by atoms with Crippen LogP contribution in [0.15, 0.2) is 18.2 Å². The zero-order chi connectivity index (χ0) is 16.4. The van der Waals surface area contributed by atoms with Crippen molar-refractivity contribution in [2.24, 2.45) is 0 Å². The van der Waals surface area contributed by atoms with Gasteiger partial charge in [-0.3, -0.25) is 4.90 Å². The summed E-state index contributed by atoms with van der Waals surface area (Å²) in [4.78, 5) is 17.7. The van der Waals surface area contributed by atoms with E-state index in [0.29, 0.717) is 16.6 Å². The van der Waals surface area contributed by atoms with Crippen LogP contribution in [-0.2, 0) is 4.74 Å². The number of halogens is 2. The van der Waals surface area contributed by atoms with E-state index in [9.17, 15) is 4.79 Å². The number of anilines is 1. The zero-order valence-electron chi connectivity index (χ0n) is 13.2. The van der Waals surface area contributed by atoms with Gasteiger partial charge in [0.2, 0.25) is 0 Å². The van der Waals surface area contributed by atoms with Gasteiger partial charge in [-0.25, -0.2) is 4.79 Å². The molecule has 1 aromatic rings. The molecule has 3 rings (SSSR count). The first-order valence-electron chi connectivity index (χ1n) is 7.86. The van der Waals surface area contributed by atoms with Crippen molar-refractivity contribution in [3.8, 4) is 0 Å². The monoisotopic (exact) mass is 357 g/mol. The van der Waals surface area contributed by atoms with Crippen LogP contribution in [0.3, 0.4) is 0 Å². The van der Waals surface area contributed by atoms with E-state index in [0.717, 1.165) is 44.8 Å². The van der Waals surface area contributed by atoms with Crippen LogP contribution >= 0.6 is 23.2 Å². The van der Waals surface area contributed by atoms with Crippen LogP contribution in [0.2, 0.25) is 10.0 Å². The van der Waals surface area contributed by atoms with Crippen molar-refractivity contribution in [2.45, 2.75) is 12.5 Å². The number of carbonyl (C=O) groups excluding carboxylic acids is 1. The van der Waals surface area contributed by atoms with E-state index >= 15 is 0 Å². The van der Waals surface area contributed by atoms with E-state index in [1.165, 1.54) is 0 Å². The predicted molar refractivity (Wildman–Crippen MR) is 92.6 cm³/mol. The van der Waals surface area contributed by atoms with E-state index < -0.39 is 0 Å². The van der Waals surface area contributed by atoms with Crippen molar-refractivity contribution in [3.05, 3.63) is 28.2 Å². The summed E-state index contributed by atoms with van der Waals surface area (Å²) in [5.74, 6) is 0. The highest BCUT2D eigenvalue weighted by atomic mass is 35.5. The summed E-state index contributed by atoms with van der Waals surface area (Å²) in [6.07, 6.45) is 0.703. The molecule has 2 aliphatic rings. The first kappa shape index (κ1) is 16.7. The Morgan fingerprint density at radius 3 is 2.35 bits per heavy atom. The molecule has 0 aromatic heterocycles. The number of carbonyl (C=O) groups is 1. The smallest absolute Gasteiger partial charge is 0.409 e. The van der Waals surface area contributed by atoms with Gasteiger partial charge in [-0.15, -0.1) is 0 Å². The van der Waals surface area contributed by atoms with Gasteiger partial charge in [0, 0.05) is 55.5 Å². The molecule has 0 saturated carbocycles. The predicted octanol–water partition coefficient (Wildman–Crippen LogP) is 2.96. The van der Waals surface area contributed by atoms with E-state index in [1.807, 2.05) is 12.1 Å². The molecule has 2 saturated heterocycles. The molecule has 5 nitrogen and oxygen atoms in total. The van der Waals surface area contributed by atoms with E-state index in [-0.39, 0.29) is 12.2 Å². The number of hydrogen-bond acceptors (Lipinski definition) is 4. The Kier molecular flexibility index (Phi) is 5.19. The SMILES string of the molecule is CN1CC(CCN2CCN(c3cc(Cl)cc(Cl)c3)CC2)OC1=O.